The number of rotatable bonds is 3. The molecule has 0 radical (unpaired) electrons. The van der Waals surface area contributed by atoms with Crippen LogP contribution >= 0.6 is 0 Å². The largest absolute Gasteiger partial charge is 0.335 e. The summed E-state index contributed by atoms with van der Waals surface area (Å²) in [5, 5.41) is 21.9. The van der Waals surface area contributed by atoms with E-state index >= 15 is 0 Å². The summed E-state index contributed by atoms with van der Waals surface area (Å²) in [7, 11) is 0. The molecule has 1 aliphatic carbocycles. The zero-order chi connectivity index (χ0) is 15.9. The number of nitrogens with zero attached hydrogens (tertiary/aromatic N) is 7. The second-order valence-electron chi connectivity index (χ2n) is 6.18. The van der Waals surface area contributed by atoms with Crippen LogP contribution in [0.25, 0.3) is 0 Å². The van der Waals surface area contributed by atoms with Gasteiger partial charge in [0.25, 0.3) is 0 Å². The second-order valence-corrected chi connectivity index (χ2v) is 6.18. The van der Waals surface area contributed by atoms with Crippen LogP contribution in [0, 0.1) is 16.7 Å². The van der Waals surface area contributed by atoms with Crippen LogP contribution in [0.5, 0.6) is 0 Å². The summed E-state index contributed by atoms with van der Waals surface area (Å²) >= 11 is 0. The average Bonchev–Trinajstić information content (AvgIpc) is 3.14. The Labute approximate surface area is 133 Å². The van der Waals surface area contributed by atoms with Crippen molar-refractivity contribution in [1.82, 2.24) is 29.7 Å². The molecule has 0 unspecified atom stereocenters. The first-order valence-electron chi connectivity index (χ1n) is 7.81. The van der Waals surface area contributed by atoms with E-state index in [0.29, 0.717) is 32.5 Å². The Bertz CT molecular complexity index is 766. The molecule has 1 fully saturated rings. The molecule has 118 valence electrons. The molecule has 0 bridgehead atoms. The van der Waals surface area contributed by atoms with Gasteiger partial charge in [-0.1, -0.05) is 5.21 Å². The third-order valence-corrected chi connectivity index (χ3v) is 4.59. The Morgan fingerprint density at radius 1 is 1.39 bits per heavy atom. The van der Waals surface area contributed by atoms with Gasteiger partial charge in [0.05, 0.1) is 24.9 Å². The zero-order valence-corrected chi connectivity index (χ0v) is 12.7. The summed E-state index contributed by atoms with van der Waals surface area (Å²) in [4.78, 5) is 14.5. The van der Waals surface area contributed by atoms with Crippen LogP contribution < -0.4 is 0 Å². The lowest BCUT2D eigenvalue weighted by Crippen LogP contribution is -2.36. The second kappa shape index (κ2) is 5.19. The van der Waals surface area contributed by atoms with E-state index in [1.54, 1.807) is 15.8 Å². The van der Waals surface area contributed by atoms with Gasteiger partial charge in [0.1, 0.15) is 11.1 Å². The number of aryl methyl sites for hydroxylation is 1. The van der Waals surface area contributed by atoms with E-state index < -0.39 is 5.41 Å². The molecule has 3 heterocycles. The molecule has 0 saturated heterocycles. The van der Waals surface area contributed by atoms with Crippen LogP contribution in [0.3, 0.4) is 0 Å². The van der Waals surface area contributed by atoms with E-state index in [2.05, 4.69) is 21.5 Å². The molecule has 4 rings (SSSR count). The summed E-state index contributed by atoms with van der Waals surface area (Å²) in [6, 6.07) is 4.06. The molecular weight excluding hydrogens is 294 g/mol. The van der Waals surface area contributed by atoms with Crippen molar-refractivity contribution in [3.05, 3.63) is 29.8 Å². The standard InChI is InChI=1S/C15H17N7O/c16-11-15(3-4-15)14(23)20-6-2-8-22-13(10-20)12(18-19-22)9-21-7-1-5-17-21/h1,5,7H,2-4,6,8-10H2. The van der Waals surface area contributed by atoms with Crippen molar-refractivity contribution in [3.63, 3.8) is 0 Å². The van der Waals surface area contributed by atoms with Crippen molar-refractivity contribution >= 4 is 5.91 Å². The van der Waals surface area contributed by atoms with E-state index in [1.807, 2.05) is 16.9 Å². The molecule has 0 spiro atoms. The van der Waals surface area contributed by atoms with E-state index in [9.17, 15) is 10.1 Å². The van der Waals surface area contributed by atoms with E-state index in [-0.39, 0.29) is 5.91 Å². The average molecular weight is 311 g/mol. The number of hydrogen-bond acceptors (Lipinski definition) is 5. The predicted octanol–water partition coefficient (Wildman–Crippen LogP) is 0.559. The number of fused-ring (bicyclic) bond motifs is 1. The zero-order valence-electron chi connectivity index (χ0n) is 12.7. The molecule has 1 amide bonds. The Balaban J connectivity index is 1.59. The first-order valence-corrected chi connectivity index (χ1v) is 7.81. The molecule has 23 heavy (non-hydrogen) atoms. The molecule has 2 aliphatic rings. The topological polar surface area (TPSA) is 92.6 Å². The number of amides is 1. The van der Waals surface area contributed by atoms with E-state index in [1.165, 1.54) is 0 Å². The third-order valence-electron chi connectivity index (χ3n) is 4.59. The molecule has 1 saturated carbocycles. The summed E-state index contributed by atoms with van der Waals surface area (Å²) < 4.78 is 3.66. The smallest absolute Gasteiger partial charge is 0.243 e. The molecule has 8 heteroatoms. The van der Waals surface area contributed by atoms with Crippen molar-refractivity contribution in [1.29, 1.82) is 5.26 Å². The fraction of sp³-hybridized carbons (Fsp3) is 0.533. The first-order chi connectivity index (χ1) is 11.2. The van der Waals surface area contributed by atoms with Crippen LogP contribution in [0.1, 0.15) is 30.7 Å². The molecule has 1 aliphatic heterocycles. The lowest BCUT2D eigenvalue weighted by Gasteiger charge is -2.22. The van der Waals surface area contributed by atoms with Gasteiger partial charge < -0.3 is 4.90 Å². The van der Waals surface area contributed by atoms with E-state index in [4.69, 9.17) is 0 Å². The minimum Gasteiger partial charge on any atom is -0.335 e. The molecule has 8 nitrogen and oxygen atoms in total. The summed E-state index contributed by atoms with van der Waals surface area (Å²) in [6.07, 6.45) is 5.78. The number of hydrogen-bond donors (Lipinski definition) is 0. The van der Waals surface area contributed by atoms with Crippen LogP contribution in [-0.4, -0.2) is 42.1 Å². The number of carbonyl (C=O) groups is 1. The number of nitriles is 1. The van der Waals surface area contributed by atoms with Gasteiger partial charge in [-0.05, 0) is 25.3 Å². The highest BCUT2D eigenvalue weighted by Crippen LogP contribution is 2.46. The van der Waals surface area contributed by atoms with Crippen molar-refractivity contribution in [3.8, 4) is 6.07 Å². The molecule has 2 aromatic heterocycles. The maximum atomic E-state index is 12.7. The van der Waals surface area contributed by atoms with E-state index in [0.717, 1.165) is 24.4 Å². The lowest BCUT2D eigenvalue weighted by molar-refractivity contribution is -0.135. The van der Waals surface area contributed by atoms with Crippen LogP contribution in [0.4, 0.5) is 0 Å². The maximum absolute atomic E-state index is 12.7. The highest BCUT2D eigenvalue weighted by molar-refractivity contribution is 5.88. The molecule has 0 aromatic carbocycles. The highest BCUT2D eigenvalue weighted by Gasteiger charge is 2.52. The molecule has 0 atom stereocenters. The lowest BCUT2D eigenvalue weighted by atomic mass is 10.1. The SMILES string of the molecule is N#CC1(C(=O)N2CCCn3nnc(Cn4cccn4)c3C2)CC1. The fourth-order valence-corrected chi connectivity index (χ4v) is 3.04. The van der Waals surface area contributed by atoms with Crippen LogP contribution in [0.2, 0.25) is 0 Å². The van der Waals surface area contributed by atoms with Gasteiger partial charge in [-0.2, -0.15) is 10.4 Å². The molecule has 0 N–H and O–H groups in total. The Morgan fingerprint density at radius 2 is 2.26 bits per heavy atom. The van der Waals surface area contributed by atoms with Gasteiger partial charge in [0.2, 0.25) is 5.91 Å². The van der Waals surface area contributed by atoms with Crippen molar-refractivity contribution in [2.24, 2.45) is 5.41 Å². The van der Waals surface area contributed by atoms with Crippen molar-refractivity contribution < 1.29 is 4.79 Å². The molecule has 2 aromatic rings. The normalized spacial score (nSPS) is 18.8. The summed E-state index contributed by atoms with van der Waals surface area (Å²) in [5.41, 5.74) is 1.00. The Morgan fingerprint density at radius 3 is 2.96 bits per heavy atom. The van der Waals surface area contributed by atoms with Crippen LogP contribution in [-0.2, 0) is 24.4 Å². The van der Waals surface area contributed by atoms with Gasteiger partial charge in [-0.3, -0.25) is 9.48 Å². The fourth-order valence-electron chi connectivity index (χ4n) is 3.04. The summed E-state index contributed by atoms with van der Waals surface area (Å²) in [5.74, 6) is -0.0420. The van der Waals surface area contributed by atoms with Gasteiger partial charge in [0.15, 0.2) is 0 Å². The first kappa shape index (κ1) is 13.9. The maximum Gasteiger partial charge on any atom is 0.243 e. The quantitative estimate of drug-likeness (QED) is 0.825. The number of carbonyl (C=O) groups excluding carboxylic acids is 1. The Kier molecular flexibility index (Phi) is 3.15. The highest BCUT2D eigenvalue weighted by atomic mass is 16.2. The van der Waals surface area contributed by atoms with Crippen LogP contribution in [0.15, 0.2) is 18.5 Å². The minimum atomic E-state index is -0.773. The van der Waals surface area contributed by atoms with Crippen molar-refractivity contribution in [2.75, 3.05) is 6.54 Å². The Hall–Kier alpha value is -2.69. The van der Waals surface area contributed by atoms with Gasteiger partial charge in [-0.25, -0.2) is 4.68 Å². The van der Waals surface area contributed by atoms with Gasteiger partial charge in [-0.15, -0.1) is 5.10 Å². The summed E-state index contributed by atoms with van der Waals surface area (Å²) in [6.45, 7) is 2.40. The van der Waals surface area contributed by atoms with Gasteiger partial charge >= 0.3 is 0 Å². The van der Waals surface area contributed by atoms with Gasteiger partial charge in [0, 0.05) is 25.5 Å². The predicted molar refractivity (Wildman–Crippen MR) is 78.7 cm³/mol. The minimum absolute atomic E-state index is 0.0420. The monoisotopic (exact) mass is 311 g/mol. The third kappa shape index (κ3) is 2.38. The number of aromatic nitrogens is 5. The van der Waals surface area contributed by atoms with Crippen molar-refractivity contribution in [2.45, 2.75) is 38.9 Å². The molecular formula is C15H17N7O.